The van der Waals surface area contributed by atoms with Crippen LogP contribution >= 0.6 is 15.9 Å². The lowest BCUT2D eigenvalue weighted by atomic mass is 10.1. The molecular formula is C15H14BrNO2. The van der Waals surface area contributed by atoms with Crippen molar-refractivity contribution in [1.29, 1.82) is 0 Å². The molecule has 0 spiro atoms. The Hall–Kier alpha value is -1.81. The van der Waals surface area contributed by atoms with Gasteiger partial charge in [0.05, 0.1) is 5.56 Å². The molecule has 3 nitrogen and oxygen atoms in total. The minimum absolute atomic E-state index is 0.00536. The first kappa shape index (κ1) is 13.6. The van der Waals surface area contributed by atoms with Crippen LogP contribution in [0.15, 0.2) is 48.5 Å². The molecule has 2 aromatic carbocycles. The Balaban J connectivity index is 2.02. The number of rotatable bonds is 4. The third kappa shape index (κ3) is 3.58. The van der Waals surface area contributed by atoms with Gasteiger partial charge in [0, 0.05) is 11.9 Å². The number of hydrogen-bond donors (Lipinski definition) is 2. The summed E-state index contributed by atoms with van der Waals surface area (Å²) in [6.07, 6.45) is 0. The Morgan fingerprint density at radius 1 is 1.11 bits per heavy atom. The molecule has 2 N–H and O–H groups in total. The Bertz CT molecular complexity index is 584. The van der Waals surface area contributed by atoms with Crippen LogP contribution < -0.4 is 5.32 Å². The summed E-state index contributed by atoms with van der Waals surface area (Å²) in [7, 11) is 0. The van der Waals surface area contributed by atoms with Gasteiger partial charge in [0.2, 0.25) is 0 Å². The summed E-state index contributed by atoms with van der Waals surface area (Å²) in [6.45, 7) is 0.438. The first-order valence-corrected chi connectivity index (χ1v) is 7.03. The molecule has 0 fully saturated rings. The van der Waals surface area contributed by atoms with Crippen LogP contribution in [-0.2, 0) is 11.9 Å². The highest BCUT2D eigenvalue weighted by molar-refractivity contribution is 9.08. The molecule has 19 heavy (non-hydrogen) atoms. The minimum Gasteiger partial charge on any atom is -0.507 e. The van der Waals surface area contributed by atoms with Gasteiger partial charge in [0.15, 0.2) is 0 Å². The molecule has 0 saturated heterocycles. The predicted octanol–water partition coefficient (Wildman–Crippen LogP) is 3.22. The molecule has 98 valence electrons. The van der Waals surface area contributed by atoms with Crippen LogP contribution in [0.3, 0.4) is 0 Å². The lowest BCUT2D eigenvalue weighted by molar-refractivity contribution is 0.0948. The first-order chi connectivity index (χ1) is 9.20. The fraction of sp³-hybridized carbons (Fsp3) is 0.133. The van der Waals surface area contributed by atoms with Crippen molar-refractivity contribution in [2.24, 2.45) is 0 Å². The molecule has 1 amide bonds. The van der Waals surface area contributed by atoms with Crippen molar-refractivity contribution in [2.45, 2.75) is 11.9 Å². The Morgan fingerprint density at radius 3 is 2.58 bits per heavy atom. The number of halogens is 1. The van der Waals surface area contributed by atoms with Crippen molar-refractivity contribution in [2.75, 3.05) is 0 Å². The second-order valence-corrected chi connectivity index (χ2v) is 4.71. The molecule has 0 aliphatic rings. The molecule has 2 rings (SSSR count). The van der Waals surface area contributed by atoms with Gasteiger partial charge in [0.25, 0.3) is 5.91 Å². The van der Waals surface area contributed by atoms with E-state index in [0.717, 1.165) is 16.5 Å². The van der Waals surface area contributed by atoms with E-state index in [1.165, 1.54) is 6.07 Å². The average molecular weight is 320 g/mol. The van der Waals surface area contributed by atoms with Gasteiger partial charge in [-0.1, -0.05) is 52.3 Å². The van der Waals surface area contributed by atoms with Crippen LogP contribution in [-0.4, -0.2) is 11.0 Å². The second kappa shape index (κ2) is 6.38. The molecule has 0 bridgehead atoms. The number of phenolic OH excluding ortho intramolecular Hbond substituents is 1. The lowest BCUT2D eigenvalue weighted by Gasteiger charge is -2.07. The number of benzene rings is 2. The summed E-state index contributed by atoms with van der Waals surface area (Å²) in [5.41, 5.74) is 2.48. The number of aromatic hydroxyl groups is 1. The van der Waals surface area contributed by atoms with Crippen LogP contribution in [0, 0.1) is 0 Å². The molecular weight excluding hydrogens is 306 g/mol. The van der Waals surface area contributed by atoms with Crippen molar-refractivity contribution in [3.63, 3.8) is 0 Å². The smallest absolute Gasteiger partial charge is 0.255 e. The van der Waals surface area contributed by atoms with E-state index in [1.807, 2.05) is 24.3 Å². The number of carbonyl (C=O) groups is 1. The monoisotopic (exact) mass is 319 g/mol. The van der Waals surface area contributed by atoms with E-state index in [-0.39, 0.29) is 11.7 Å². The third-order valence-corrected chi connectivity index (χ3v) is 3.39. The lowest BCUT2D eigenvalue weighted by Crippen LogP contribution is -2.22. The number of alkyl halides is 1. The molecule has 0 atom stereocenters. The molecule has 0 heterocycles. The maximum Gasteiger partial charge on any atom is 0.255 e. The Morgan fingerprint density at radius 2 is 1.84 bits per heavy atom. The molecule has 0 aliphatic heterocycles. The second-order valence-electron chi connectivity index (χ2n) is 4.15. The highest BCUT2D eigenvalue weighted by Crippen LogP contribution is 2.15. The fourth-order valence-electron chi connectivity index (χ4n) is 1.77. The average Bonchev–Trinajstić information content (AvgIpc) is 2.45. The normalized spacial score (nSPS) is 10.2. The molecule has 4 heteroatoms. The molecule has 0 radical (unpaired) electrons. The third-order valence-electron chi connectivity index (χ3n) is 2.75. The van der Waals surface area contributed by atoms with Crippen molar-refractivity contribution in [3.8, 4) is 5.75 Å². The van der Waals surface area contributed by atoms with E-state index in [1.54, 1.807) is 18.2 Å². The van der Waals surface area contributed by atoms with Crippen molar-refractivity contribution >= 4 is 21.8 Å². The van der Waals surface area contributed by atoms with Gasteiger partial charge in [-0.05, 0) is 23.3 Å². The number of carbonyl (C=O) groups excluding carboxylic acids is 1. The molecule has 0 aliphatic carbocycles. The van der Waals surface area contributed by atoms with E-state index in [0.29, 0.717) is 12.1 Å². The maximum atomic E-state index is 11.9. The zero-order valence-corrected chi connectivity index (χ0v) is 11.9. The summed E-state index contributed by atoms with van der Waals surface area (Å²) in [4.78, 5) is 11.9. The SMILES string of the molecule is O=C(NCc1cccc(CBr)c1)c1ccccc1O. The fourth-order valence-corrected chi connectivity index (χ4v) is 2.11. The van der Waals surface area contributed by atoms with Crippen molar-refractivity contribution in [3.05, 3.63) is 65.2 Å². The zero-order chi connectivity index (χ0) is 13.7. The summed E-state index contributed by atoms with van der Waals surface area (Å²) in [5, 5.41) is 13.2. The molecule has 0 unspecified atom stereocenters. The van der Waals surface area contributed by atoms with Crippen LogP contribution in [0.1, 0.15) is 21.5 Å². The standard InChI is InChI=1S/C15H14BrNO2/c16-9-11-4-3-5-12(8-11)10-17-15(19)13-6-1-2-7-14(13)18/h1-8,18H,9-10H2,(H,17,19). The van der Waals surface area contributed by atoms with Crippen LogP contribution in [0.5, 0.6) is 5.75 Å². The summed E-state index contributed by atoms with van der Waals surface area (Å²) >= 11 is 3.40. The summed E-state index contributed by atoms with van der Waals surface area (Å²) in [6, 6.07) is 14.5. The van der Waals surface area contributed by atoms with Crippen molar-refractivity contribution < 1.29 is 9.90 Å². The van der Waals surface area contributed by atoms with Gasteiger partial charge in [-0.3, -0.25) is 4.79 Å². The largest absolute Gasteiger partial charge is 0.507 e. The Labute approximate surface area is 120 Å². The van der Waals surface area contributed by atoms with E-state index >= 15 is 0 Å². The highest BCUT2D eigenvalue weighted by atomic mass is 79.9. The van der Waals surface area contributed by atoms with E-state index in [4.69, 9.17) is 0 Å². The molecule has 0 aromatic heterocycles. The van der Waals surface area contributed by atoms with Gasteiger partial charge in [0.1, 0.15) is 5.75 Å². The molecule has 2 aromatic rings. The minimum atomic E-state index is -0.276. The van der Waals surface area contributed by atoms with Crippen LogP contribution in [0.2, 0.25) is 0 Å². The van der Waals surface area contributed by atoms with E-state index in [2.05, 4.69) is 21.2 Å². The quantitative estimate of drug-likeness (QED) is 0.850. The predicted molar refractivity (Wildman–Crippen MR) is 78.4 cm³/mol. The number of phenols is 1. The van der Waals surface area contributed by atoms with Gasteiger partial charge in [-0.2, -0.15) is 0 Å². The zero-order valence-electron chi connectivity index (χ0n) is 10.3. The van der Waals surface area contributed by atoms with Gasteiger partial charge >= 0.3 is 0 Å². The highest BCUT2D eigenvalue weighted by Gasteiger charge is 2.09. The number of nitrogens with one attached hydrogen (secondary N) is 1. The first-order valence-electron chi connectivity index (χ1n) is 5.90. The topological polar surface area (TPSA) is 49.3 Å². The van der Waals surface area contributed by atoms with Crippen LogP contribution in [0.25, 0.3) is 0 Å². The van der Waals surface area contributed by atoms with Crippen molar-refractivity contribution in [1.82, 2.24) is 5.32 Å². The number of amides is 1. The number of para-hydroxylation sites is 1. The molecule has 0 saturated carbocycles. The maximum absolute atomic E-state index is 11.9. The van der Waals surface area contributed by atoms with E-state index in [9.17, 15) is 9.90 Å². The van der Waals surface area contributed by atoms with E-state index < -0.39 is 0 Å². The van der Waals surface area contributed by atoms with Gasteiger partial charge < -0.3 is 10.4 Å². The Kier molecular flexibility index (Phi) is 4.58. The summed E-state index contributed by atoms with van der Waals surface area (Å²) in [5.74, 6) is -0.281. The summed E-state index contributed by atoms with van der Waals surface area (Å²) < 4.78 is 0. The van der Waals surface area contributed by atoms with Gasteiger partial charge in [-0.25, -0.2) is 0 Å². The van der Waals surface area contributed by atoms with Gasteiger partial charge in [-0.15, -0.1) is 0 Å². The van der Waals surface area contributed by atoms with Crippen LogP contribution in [0.4, 0.5) is 0 Å². The number of hydrogen-bond acceptors (Lipinski definition) is 2.